The van der Waals surface area contributed by atoms with Crippen LogP contribution in [0.5, 0.6) is 11.5 Å². The number of nitrogens with zero attached hydrogens (tertiary/aromatic N) is 1. The van der Waals surface area contributed by atoms with Crippen molar-refractivity contribution in [2.45, 2.75) is 0 Å². The number of hydrogen-bond acceptors (Lipinski definition) is 4. The van der Waals surface area contributed by atoms with Crippen molar-refractivity contribution in [3.8, 4) is 11.5 Å². The van der Waals surface area contributed by atoms with Gasteiger partial charge in [0.15, 0.2) is 0 Å². The van der Waals surface area contributed by atoms with E-state index in [2.05, 4.69) is 4.98 Å². The highest BCUT2D eigenvalue weighted by atomic mass is 16.3. The summed E-state index contributed by atoms with van der Waals surface area (Å²) in [7, 11) is 0. The highest BCUT2D eigenvalue weighted by Gasteiger charge is 2.03. The van der Waals surface area contributed by atoms with Gasteiger partial charge < -0.3 is 10.2 Å². The van der Waals surface area contributed by atoms with Gasteiger partial charge >= 0.3 is 0 Å². The third kappa shape index (κ3) is 2.74. The van der Waals surface area contributed by atoms with E-state index in [0.717, 1.165) is 0 Å². The molecule has 0 amide bonds. The molecule has 90 valence electrons. The molecule has 4 heteroatoms. The molecule has 0 aliphatic carbocycles. The van der Waals surface area contributed by atoms with Crippen LogP contribution in [0.3, 0.4) is 0 Å². The monoisotopic (exact) mass is 241 g/mol. The van der Waals surface area contributed by atoms with Crippen LogP contribution in [0.15, 0.2) is 48.7 Å². The summed E-state index contributed by atoms with van der Waals surface area (Å²) in [6.45, 7) is 0. The van der Waals surface area contributed by atoms with E-state index >= 15 is 0 Å². The Balaban J connectivity index is 2.19. The van der Waals surface area contributed by atoms with Crippen molar-refractivity contribution in [3.05, 3.63) is 59.9 Å². The van der Waals surface area contributed by atoms with E-state index < -0.39 is 0 Å². The first kappa shape index (κ1) is 11.9. The Hall–Kier alpha value is -2.62. The highest BCUT2D eigenvalue weighted by Crippen LogP contribution is 2.23. The van der Waals surface area contributed by atoms with E-state index in [0.29, 0.717) is 11.3 Å². The predicted octanol–water partition coefficient (Wildman–Crippen LogP) is 2.39. The van der Waals surface area contributed by atoms with Crippen molar-refractivity contribution in [3.63, 3.8) is 0 Å². The maximum absolute atomic E-state index is 11.7. The summed E-state index contributed by atoms with van der Waals surface area (Å²) in [5.74, 6) is -0.358. The summed E-state index contributed by atoms with van der Waals surface area (Å²) in [6.07, 6.45) is 4.35. The number of aromatic nitrogens is 1. The Morgan fingerprint density at radius 3 is 2.67 bits per heavy atom. The normalized spacial score (nSPS) is 10.7. The summed E-state index contributed by atoms with van der Waals surface area (Å²) in [5, 5.41) is 18.7. The molecule has 18 heavy (non-hydrogen) atoms. The maximum Gasteiger partial charge on any atom is 0.204 e. The third-order valence-corrected chi connectivity index (χ3v) is 2.35. The average Bonchev–Trinajstić information content (AvgIpc) is 2.38. The molecule has 0 aliphatic heterocycles. The number of carbonyl (C=O) groups is 1. The number of phenolic OH excluding ortho intramolecular Hbond substituents is 2. The number of hydrogen-bond donors (Lipinski definition) is 2. The number of carbonyl (C=O) groups excluding carboxylic acids is 1. The first-order valence-electron chi connectivity index (χ1n) is 5.32. The van der Waals surface area contributed by atoms with Crippen molar-refractivity contribution in [2.75, 3.05) is 0 Å². The summed E-state index contributed by atoms with van der Waals surface area (Å²) >= 11 is 0. The summed E-state index contributed by atoms with van der Waals surface area (Å²) in [5.41, 5.74) is 0.795. The number of ketones is 1. The van der Waals surface area contributed by atoms with Crippen LogP contribution in [0.4, 0.5) is 0 Å². The molecular weight excluding hydrogens is 230 g/mol. The summed E-state index contributed by atoms with van der Waals surface area (Å²) in [6, 6.07) is 9.24. The molecule has 1 heterocycles. The Morgan fingerprint density at radius 2 is 2.00 bits per heavy atom. The zero-order valence-corrected chi connectivity index (χ0v) is 9.45. The van der Waals surface area contributed by atoms with Gasteiger partial charge in [-0.3, -0.25) is 9.78 Å². The quantitative estimate of drug-likeness (QED) is 0.639. The van der Waals surface area contributed by atoms with Gasteiger partial charge in [0.2, 0.25) is 5.78 Å². The van der Waals surface area contributed by atoms with Crippen LogP contribution >= 0.6 is 0 Å². The molecule has 0 radical (unpaired) electrons. The van der Waals surface area contributed by atoms with E-state index in [4.69, 9.17) is 5.11 Å². The average molecular weight is 241 g/mol. The van der Waals surface area contributed by atoms with Gasteiger partial charge in [-0.15, -0.1) is 0 Å². The van der Waals surface area contributed by atoms with E-state index in [1.165, 1.54) is 30.4 Å². The minimum atomic E-state index is -0.247. The molecule has 2 aromatic rings. The van der Waals surface area contributed by atoms with Crippen LogP contribution in [0.1, 0.15) is 16.1 Å². The topological polar surface area (TPSA) is 70.4 Å². The van der Waals surface area contributed by atoms with Crippen molar-refractivity contribution >= 4 is 11.9 Å². The molecule has 0 saturated carbocycles. The Morgan fingerprint density at radius 1 is 1.17 bits per heavy atom. The van der Waals surface area contributed by atoms with Gasteiger partial charge in [0.25, 0.3) is 0 Å². The summed E-state index contributed by atoms with van der Waals surface area (Å²) < 4.78 is 0. The van der Waals surface area contributed by atoms with Crippen molar-refractivity contribution < 1.29 is 15.0 Å². The van der Waals surface area contributed by atoms with Crippen LogP contribution in [0, 0.1) is 0 Å². The minimum absolute atomic E-state index is 0.0271. The lowest BCUT2D eigenvalue weighted by Gasteiger charge is -1.99. The van der Waals surface area contributed by atoms with Gasteiger partial charge in [0.1, 0.15) is 17.2 Å². The lowest BCUT2D eigenvalue weighted by Crippen LogP contribution is -1.96. The SMILES string of the molecule is O=C(C=Cc1ccc(O)cc1O)c1ccccn1. The van der Waals surface area contributed by atoms with Gasteiger partial charge in [-0.1, -0.05) is 6.07 Å². The molecular formula is C14H11NO3. The molecule has 0 atom stereocenters. The van der Waals surface area contributed by atoms with E-state index in [9.17, 15) is 9.90 Å². The molecule has 0 aliphatic rings. The van der Waals surface area contributed by atoms with Crippen molar-refractivity contribution in [2.24, 2.45) is 0 Å². The largest absolute Gasteiger partial charge is 0.508 e. The number of aromatic hydroxyl groups is 2. The Labute approximate surface area is 104 Å². The number of benzene rings is 1. The second-order valence-electron chi connectivity index (χ2n) is 3.66. The summed E-state index contributed by atoms with van der Waals surface area (Å²) in [4.78, 5) is 15.6. The highest BCUT2D eigenvalue weighted by molar-refractivity contribution is 6.05. The van der Waals surface area contributed by atoms with Crippen molar-refractivity contribution in [1.82, 2.24) is 4.98 Å². The number of rotatable bonds is 3. The molecule has 0 fully saturated rings. The van der Waals surface area contributed by atoms with Crippen LogP contribution < -0.4 is 0 Å². The first-order chi connectivity index (χ1) is 8.66. The fraction of sp³-hybridized carbons (Fsp3) is 0. The zero-order valence-electron chi connectivity index (χ0n) is 9.45. The number of pyridine rings is 1. The fourth-order valence-corrected chi connectivity index (χ4v) is 1.43. The number of phenols is 2. The van der Waals surface area contributed by atoms with E-state index in [1.807, 2.05) is 0 Å². The molecule has 0 unspecified atom stereocenters. The predicted molar refractivity (Wildman–Crippen MR) is 67.4 cm³/mol. The number of allylic oxidation sites excluding steroid dienone is 1. The van der Waals surface area contributed by atoms with Crippen LogP contribution in [-0.4, -0.2) is 21.0 Å². The van der Waals surface area contributed by atoms with Crippen molar-refractivity contribution in [1.29, 1.82) is 0 Å². The molecule has 4 nitrogen and oxygen atoms in total. The lowest BCUT2D eigenvalue weighted by atomic mass is 10.1. The lowest BCUT2D eigenvalue weighted by molar-refractivity contribution is 0.104. The van der Waals surface area contributed by atoms with E-state index in [-0.39, 0.29) is 17.3 Å². The second-order valence-corrected chi connectivity index (χ2v) is 3.66. The van der Waals surface area contributed by atoms with Gasteiger partial charge in [0, 0.05) is 17.8 Å². The second kappa shape index (κ2) is 5.14. The zero-order chi connectivity index (χ0) is 13.0. The first-order valence-corrected chi connectivity index (χ1v) is 5.32. The molecule has 2 N–H and O–H groups in total. The van der Waals surface area contributed by atoms with Gasteiger partial charge in [-0.25, -0.2) is 0 Å². The standard InChI is InChI=1S/C14H11NO3/c16-11-6-4-10(14(18)9-11)5-7-13(17)12-3-1-2-8-15-12/h1-9,16,18H. The molecule has 0 saturated heterocycles. The molecule has 2 rings (SSSR count). The van der Waals surface area contributed by atoms with Crippen LogP contribution in [-0.2, 0) is 0 Å². The fourth-order valence-electron chi connectivity index (χ4n) is 1.43. The van der Waals surface area contributed by atoms with Gasteiger partial charge in [-0.2, -0.15) is 0 Å². The smallest absolute Gasteiger partial charge is 0.204 e. The minimum Gasteiger partial charge on any atom is -0.508 e. The van der Waals surface area contributed by atoms with Crippen LogP contribution in [0.25, 0.3) is 6.08 Å². The molecule has 1 aromatic carbocycles. The molecule has 1 aromatic heterocycles. The van der Waals surface area contributed by atoms with E-state index in [1.54, 1.807) is 24.4 Å². The van der Waals surface area contributed by atoms with Crippen LogP contribution in [0.2, 0.25) is 0 Å². The molecule has 0 bridgehead atoms. The third-order valence-electron chi connectivity index (χ3n) is 2.35. The Bertz CT molecular complexity index is 591. The molecule has 0 spiro atoms. The van der Waals surface area contributed by atoms with Gasteiger partial charge in [-0.05, 0) is 36.4 Å². The Kier molecular flexibility index (Phi) is 3.38. The maximum atomic E-state index is 11.7. The van der Waals surface area contributed by atoms with Gasteiger partial charge in [0.05, 0.1) is 0 Å².